The Bertz CT molecular complexity index is 873. The number of allylic oxidation sites excluding steroid dienone is 1. The Hall–Kier alpha value is -0.790. The summed E-state index contributed by atoms with van der Waals surface area (Å²) >= 11 is 0. The third-order valence-electron chi connectivity index (χ3n) is 13.5. The van der Waals surface area contributed by atoms with E-state index >= 15 is 0 Å². The average molecular weight is 597 g/mol. The van der Waals surface area contributed by atoms with Gasteiger partial charge in [0, 0.05) is 12.8 Å². The van der Waals surface area contributed by atoms with Crippen molar-refractivity contribution < 1.29 is 9.53 Å². The molecule has 2 heteroatoms. The van der Waals surface area contributed by atoms with E-state index in [2.05, 4.69) is 47.6 Å². The van der Waals surface area contributed by atoms with Crippen LogP contribution in [0, 0.1) is 46.3 Å². The molecule has 0 bridgehead atoms. The second-order valence-corrected chi connectivity index (χ2v) is 16.9. The van der Waals surface area contributed by atoms with Gasteiger partial charge >= 0.3 is 5.97 Å². The summed E-state index contributed by atoms with van der Waals surface area (Å²) in [7, 11) is 0. The highest BCUT2D eigenvalue weighted by Gasteiger charge is 2.59. The first-order valence-corrected chi connectivity index (χ1v) is 19.6. The van der Waals surface area contributed by atoms with Gasteiger partial charge in [0.05, 0.1) is 0 Å². The van der Waals surface area contributed by atoms with Crippen molar-refractivity contribution in [2.75, 3.05) is 0 Å². The zero-order chi connectivity index (χ0) is 30.9. The predicted molar refractivity (Wildman–Crippen MR) is 184 cm³/mol. The SMILES string of the molecule is CCCCCCCCCCCCCC(=O)OC1CCC2(C)C(=CCC3C2CCC2(C)C(C(C)CCCC(C)C)CCC32)C1. The van der Waals surface area contributed by atoms with Crippen molar-refractivity contribution in [2.45, 2.75) is 195 Å². The van der Waals surface area contributed by atoms with Gasteiger partial charge in [0.2, 0.25) is 0 Å². The summed E-state index contributed by atoms with van der Waals surface area (Å²) in [6.45, 7) is 14.9. The van der Waals surface area contributed by atoms with Crippen molar-refractivity contribution >= 4 is 5.97 Å². The zero-order valence-corrected chi connectivity index (χ0v) is 29.7. The molecule has 0 N–H and O–H groups in total. The number of fused-ring (bicyclic) bond motifs is 5. The number of unbranched alkanes of at least 4 members (excludes halogenated alkanes) is 10. The van der Waals surface area contributed by atoms with Crippen LogP contribution >= 0.6 is 0 Å². The molecule has 0 amide bonds. The van der Waals surface area contributed by atoms with Crippen LogP contribution in [-0.2, 0) is 9.53 Å². The van der Waals surface area contributed by atoms with Gasteiger partial charge in [0.15, 0.2) is 0 Å². The van der Waals surface area contributed by atoms with Crippen molar-refractivity contribution in [3.63, 3.8) is 0 Å². The van der Waals surface area contributed by atoms with Crippen LogP contribution in [0.3, 0.4) is 0 Å². The van der Waals surface area contributed by atoms with Gasteiger partial charge < -0.3 is 4.74 Å². The fraction of sp³-hybridized carbons (Fsp3) is 0.927. The first kappa shape index (κ1) is 35.1. The second kappa shape index (κ2) is 16.7. The largest absolute Gasteiger partial charge is 0.462 e. The van der Waals surface area contributed by atoms with E-state index in [1.807, 2.05) is 0 Å². The number of hydrogen-bond donors (Lipinski definition) is 0. The second-order valence-electron chi connectivity index (χ2n) is 16.9. The Balaban J connectivity index is 1.19. The summed E-state index contributed by atoms with van der Waals surface area (Å²) in [5.74, 6) is 5.34. The lowest BCUT2D eigenvalue weighted by molar-refractivity contribution is -0.151. The van der Waals surface area contributed by atoms with Crippen molar-refractivity contribution in [1.82, 2.24) is 0 Å². The highest BCUT2D eigenvalue weighted by molar-refractivity contribution is 5.69. The molecule has 8 atom stereocenters. The number of carbonyl (C=O) groups excluding carboxylic acids is 1. The zero-order valence-electron chi connectivity index (χ0n) is 29.7. The molecule has 0 saturated heterocycles. The van der Waals surface area contributed by atoms with E-state index in [1.165, 1.54) is 122 Å². The van der Waals surface area contributed by atoms with Crippen LogP contribution < -0.4 is 0 Å². The lowest BCUT2D eigenvalue weighted by Gasteiger charge is -2.58. The van der Waals surface area contributed by atoms with Crippen molar-refractivity contribution in [3.05, 3.63) is 11.6 Å². The maximum absolute atomic E-state index is 12.7. The summed E-state index contributed by atoms with van der Waals surface area (Å²) in [6, 6.07) is 0. The third-order valence-corrected chi connectivity index (χ3v) is 13.5. The molecule has 248 valence electrons. The third kappa shape index (κ3) is 8.93. The summed E-state index contributed by atoms with van der Waals surface area (Å²) < 4.78 is 6.11. The fourth-order valence-electron chi connectivity index (χ4n) is 10.9. The van der Waals surface area contributed by atoms with Gasteiger partial charge in [0.1, 0.15) is 6.10 Å². The van der Waals surface area contributed by atoms with E-state index in [1.54, 1.807) is 5.57 Å². The molecule has 0 aromatic rings. The van der Waals surface area contributed by atoms with Gasteiger partial charge in [-0.05, 0) is 97.7 Å². The molecule has 0 aliphatic heterocycles. The highest BCUT2D eigenvalue weighted by atomic mass is 16.5. The van der Waals surface area contributed by atoms with Crippen LogP contribution in [-0.4, -0.2) is 12.1 Å². The van der Waals surface area contributed by atoms with E-state index < -0.39 is 0 Å². The number of carbonyl (C=O) groups is 1. The van der Waals surface area contributed by atoms with Crippen LogP contribution in [0.4, 0.5) is 0 Å². The maximum atomic E-state index is 12.7. The van der Waals surface area contributed by atoms with E-state index in [9.17, 15) is 4.79 Å². The van der Waals surface area contributed by atoms with Gasteiger partial charge in [-0.3, -0.25) is 4.79 Å². The van der Waals surface area contributed by atoms with Gasteiger partial charge in [0.25, 0.3) is 0 Å². The minimum atomic E-state index is 0.0618. The van der Waals surface area contributed by atoms with E-state index in [4.69, 9.17) is 4.74 Å². The highest BCUT2D eigenvalue weighted by Crippen LogP contribution is 2.67. The minimum Gasteiger partial charge on any atom is -0.462 e. The first-order valence-electron chi connectivity index (χ1n) is 19.6. The molecule has 0 radical (unpaired) electrons. The van der Waals surface area contributed by atoms with Crippen LogP contribution in [0.1, 0.15) is 189 Å². The van der Waals surface area contributed by atoms with Crippen molar-refractivity contribution in [3.8, 4) is 0 Å². The number of rotatable bonds is 18. The topological polar surface area (TPSA) is 26.3 Å². The smallest absolute Gasteiger partial charge is 0.306 e. The van der Waals surface area contributed by atoms with E-state index in [-0.39, 0.29) is 12.1 Å². The normalized spacial score (nSPS) is 34.3. The molecular weight excluding hydrogens is 524 g/mol. The molecule has 3 saturated carbocycles. The summed E-state index contributed by atoms with van der Waals surface area (Å²) in [5.41, 5.74) is 2.54. The van der Waals surface area contributed by atoms with Gasteiger partial charge in [-0.1, -0.05) is 137 Å². The maximum Gasteiger partial charge on any atom is 0.306 e. The summed E-state index contributed by atoms with van der Waals surface area (Å²) in [4.78, 5) is 12.7. The molecule has 0 heterocycles. The molecule has 3 fully saturated rings. The Morgan fingerprint density at radius 1 is 0.814 bits per heavy atom. The number of hydrogen-bond acceptors (Lipinski definition) is 2. The van der Waals surface area contributed by atoms with Gasteiger partial charge in [-0.15, -0.1) is 0 Å². The molecule has 0 aromatic carbocycles. The monoisotopic (exact) mass is 597 g/mol. The average Bonchev–Trinajstić information content (AvgIpc) is 3.33. The van der Waals surface area contributed by atoms with Crippen LogP contribution in [0.25, 0.3) is 0 Å². The van der Waals surface area contributed by atoms with Gasteiger partial charge in [-0.25, -0.2) is 0 Å². The number of esters is 1. The van der Waals surface area contributed by atoms with Crippen LogP contribution in [0.15, 0.2) is 11.6 Å². The molecule has 43 heavy (non-hydrogen) atoms. The van der Waals surface area contributed by atoms with E-state index in [0.29, 0.717) is 17.3 Å². The number of ether oxygens (including phenoxy) is 1. The van der Waals surface area contributed by atoms with Crippen molar-refractivity contribution in [1.29, 1.82) is 0 Å². The first-order chi connectivity index (χ1) is 20.7. The standard InChI is InChI=1S/C41H72O2/c1-7-8-9-10-11-12-13-14-15-16-17-21-39(42)43-34-26-28-40(5)33(30-34)22-23-35-37-25-24-36(32(4)20-18-19-31(2)3)41(37,6)29-27-38(35)40/h22,31-32,34-38H,7-21,23-30H2,1-6H3. The molecule has 4 aliphatic carbocycles. The molecule has 4 aliphatic rings. The molecule has 2 nitrogen and oxygen atoms in total. The Morgan fingerprint density at radius 3 is 2.16 bits per heavy atom. The Kier molecular flexibility index (Phi) is 13.6. The molecule has 0 aromatic heterocycles. The fourth-order valence-corrected chi connectivity index (χ4v) is 10.9. The Labute approximate surface area is 268 Å². The quantitative estimate of drug-likeness (QED) is 0.0893. The van der Waals surface area contributed by atoms with Crippen LogP contribution in [0.2, 0.25) is 0 Å². The van der Waals surface area contributed by atoms with E-state index in [0.717, 1.165) is 54.8 Å². The van der Waals surface area contributed by atoms with Gasteiger partial charge in [-0.2, -0.15) is 0 Å². The molecular formula is C41H72O2. The lowest BCUT2D eigenvalue weighted by atomic mass is 9.47. The summed E-state index contributed by atoms with van der Waals surface area (Å²) in [6.07, 6.45) is 32.5. The molecule has 8 unspecified atom stereocenters. The van der Waals surface area contributed by atoms with Crippen LogP contribution in [0.5, 0.6) is 0 Å². The Morgan fingerprint density at radius 2 is 1.49 bits per heavy atom. The minimum absolute atomic E-state index is 0.0618. The van der Waals surface area contributed by atoms with Crippen molar-refractivity contribution in [2.24, 2.45) is 46.3 Å². The summed E-state index contributed by atoms with van der Waals surface area (Å²) in [5, 5.41) is 0. The lowest BCUT2D eigenvalue weighted by Crippen LogP contribution is -2.51. The molecule has 4 rings (SSSR count). The predicted octanol–water partition coefficient (Wildman–Crippen LogP) is 12.6. The molecule has 0 spiro atoms.